The van der Waals surface area contributed by atoms with Crippen LogP contribution in [-0.4, -0.2) is 43.6 Å². The monoisotopic (exact) mass is 510 g/mol. The van der Waals surface area contributed by atoms with Crippen molar-refractivity contribution in [3.05, 3.63) is 34.3 Å². The van der Waals surface area contributed by atoms with Crippen LogP contribution in [0.5, 0.6) is 0 Å². The second-order valence-corrected chi connectivity index (χ2v) is 6.69. The van der Waals surface area contributed by atoms with Gasteiger partial charge in [0.1, 0.15) is 0 Å². The van der Waals surface area contributed by atoms with Crippen molar-refractivity contribution in [2.75, 3.05) is 26.7 Å². The fraction of sp³-hybridized carbons (Fsp3) is 0.611. The molecule has 0 aliphatic heterocycles. The van der Waals surface area contributed by atoms with Crippen LogP contribution in [0.2, 0.25) is 0 Å². The third kappa shape index (κ3) is 9.84. The summed E-state index contributed by atoms with van der Waals surface area (Å²) in [7, 11) is 1.82. The average Bonchev–Trinajstić information content (AvgIpc) is 2.55. The standard InChI is InChI=1S/C18H31BrN4.HI/c1-5-23(6-2)12-8-9-15(3)22-18(20-4)21-14-16-10-7-11-17(19)13-16;/h7,10-11,13,15H,5-6,8-9,12,14H2,1-4H3,(H2,20,21,22);1H. The van der Waals surface area contributed by atoms with E-state index in [0.29, 0.717) is 6.04 Å². The first-order chi connectivity index (χ1) is 11.1. The quantitative estimate of drug-likeness (QED) is 0.296. The molecule has 1 atom stereocenters. The predicted molar refractivity (Wildman–Crippen MR) is 119 cm³/mol. The van der Waals surface area contributed by atoms with Gasteiger partial charge in [0.25, 0.3) is 0 Å². The van der Waals surface area contributed by atoms with E-state index in [1.807, 2.05) is 19.2 Å². The normalized spacial score (nSPS) is 12.7. The van der Waals surface area contributed by atoms with E-state index in [4.69, 9.17) is 0 Å². The van der Waals surface area contributed by atoms with Crippen LogP contribution < -0.4 is 10.6 Å². The molecule has 24 heavy (non-hydrogen) atoms. The lowest BCUT2D eigenvalue weighted by Crippen LogP contribution is -2.42. The molecule has 1 aromatic carbocycles. The van der Waals surface area contributed by atoms with Gasteiger partial charge in [-0.25, -0.2) is 0 Å². The zero-order chi connectivity index (χ0) is 17.1. The third-order valence-electron chi connectivity index (χ3n) is 3.96. The van der Waals surface area contributed by atoms with Crippen molar-refractivity contribution in [2.24, 2.45) is 4.99 Å². The molecule has 0 spiro atoms. The van der Waals surface area contributed by atoms with Crippen LogP contribution in [0.25, 0.3) is 0 Å². The smallest absolute Gasteiger partial charge is 0.191 e. The van der Waals surface area contributed by atoms with E-state index < -0.39 is 0 Å². The highest BCUT2D eigenvalue weighted by molar-refractivity contribution is 14.0. The minimum atomic E-state index is 0. The van der Waals surface area contributed by atoms with Gasteiger partial charge < -0.3 is 15.5 Å². The zero-order valence-electron chi connectivity index (χ0n) is 15.3. The highest BCUT2D eigenvalue weighted by Crippen LogP contribution is 2.11. The Morgan fingerprint density at radius 1 is 1.29 bits per heavy atom. The molecule has 0 saturated carbocycles. The molecule has 0 heterocycles. The third-order valence-corrected chi connectivity index (χ3v) is 4.45. The maximum Gasteiger partial charge on any atom is 0.191 e. The molecule has 0 amide bonds. The van der Waals surface area contributed by atoms with E-state index in [1.54, 1.807) is 0 Å². The van der Waals surface area contributed by atoms with Gasteiger partial charge in [0, 0.05) is 24.1 Å². The van der Waals surface area contributed by atoms with Crippen molar-refractivity contribution in [3.8, 4) is 0 Å². The number of hydrogen-bond donors (Lipinski definition) is 2. The lowest BCUT2D eigenvalue weighted by atomic mass is 10.2. The first kappa shape index (κ1) is 23.7. The molecular weight excluding hydrogens is 479 g/mol. The largest absolute Gasteiger partial charge is 0.354 e. The molecule has 4 nitrogen and oxygen atoms in total. The summed E-state index contributed by atoms with van der Waals surface area (Å²) in [4.78, 5) is 6.78. The number of nitrogens with zero attached hydrogens (tertiary/aromatic N) is 2. The highest BCUT2D eigenvalue weighted by atomic mass is 127. The maximum absolute atomic E-state index is 4.31. The molecule has 0 aliphatic rings. The number of aliphatic imine (C=N–C) groups is 1. The van der Waals surface area contributed by atoms with Crippen LogP contribution in [-0.2, 0) is 6.54 Å². The molecule has 0 aromatic heterocycles. The molecule has 6 heteroatoms. The van der Waals surface area contributed by atoms with E-state index in [-0.39, 0.29) is 24.0 Å². The second-order valence-electron chi connectivity index (χ2n) is 5.77. The SMILES string of the molecule is CCN(CC)CCCC(C)NC(=NC)NCc1cccc(Br)c1.I. The van der Waals surface area contributed by atoms with E-state index >= 15 is 0 Å². The number of nitrogens with one attached hydrogen (secondary N) is 2. The first-order valence-electron chi connectivity index (χ1n) is 8.53. The minimum Gasteiger partial charge on any atom is -0.354 e. The van der Waals surface area contributed by atoms with Gasteiger partial charge in [-0.2, -0.15) is 0 Å². The van der Waals surface area contributed by atoms with E-state index in [9.17, 15) is 0 Å². The molecule has 0 radical (unpaired) electrons. The Balaban J connectivity index is 0.00000529. The van der Waals surface area contributed by atoms with Crippen molar-refractivity contribution < 1.29 is 0 Å². The van der Waals surface area contributed by atoms with Crippen molar-refractivity contribution in [3.63, 3.8) is 0 Å². The van der Waals surface area contributed by atoms with E-state index in [2.05, 4.69) is 69.4 Å². The van der Waals surface area contributed by atoms with Crippen molar-refractivity contribution in [1.82, 2.24) is 15.5 Å². The summed E-state index contributed by atoms with van der Waals surface area (Å²) in [5, 5.41) is 6.84. The molecule has 0 bridgehead atoms. The summed E-state index contributed by atoms with van der Waals surface area (Å²) in [6.45, 7) is 10.9. The Kier molecular flexibility index (Phi) is 13.7. The number of benzene rings is 1. The second kappa shape index (κ2) is 13.9. The zero-order valence-corrected chi connectivity index (χ0v) is 19.2. The van der Waals surface area contributed by atoms with Crippen molar-refractivity contribution in [1.29, 1.82) is 0 Å². The molecule has 1 unspecified atom stereocenters. The Morgan fingerprint density at radius 2 is 2.00 bits per heavy atom. The van der Waals surface area contributed by atoms with E-state index in [0.717, 1.165) is 36.5 Å². The van der Waals surface area contributed by atoms with Crippen LogP contribution in [0.4, 0.5) is 0 Å². The molecule has 0 aliphatic carbocycles. The molecule has 1 aromatic rings. The summed E-state index contributed by atoms with van der Waals surface area (Å²) in [5.41, 5.74) is 1.23. The molecule has 2 N–H and O–H groups in total. The number of hydrogen-bond acceptors (Lipinski definition) is 2. The van der Waals surface area contributed by atoms with Crippen LogP contribution >= 0.6 is 39.9 Å². The molecule has 138 valence electrons. The van der Waals surface area contributed by atoms with Crippen LogP contribution in [0.15, 0.2) is 33.7 Å². The van der Waals surface area contributed by atoms with Crippen LogP contribution in [0, 0.1) is 0 Å². The van der Waals surface area contributed by atoms with Gasteiger partial charge in [0.15, 0.2) is 5.96 Å². The van der Waals surface area contributed by atoms with Crippen LogP contribution in [0.1, 0.15) is 39.2 Å². The Morgan fingerprint density at radius 3 is 2.58 bits per heavy atom. The first-order valence-corrected chi connectivity index (χ1v) is 9.32. The summed E-state index contributed by atoms with van der Waals surface area (Å²) in [6.07, 6.45) is 2.35. The summed E-state index contributed by atoms with van der Waals surface area (Å²) < 4.78 is 1.10. The van der Waals surface area contributed by atoms with Gasteiger partial charge in [-0.15, -0.1) is 24.0 Å². The lowest BCUT2D eigenvalue weighted by Gasteiger charge is -2.21. The topological polar surface area (TPSA) is 39.7 Å². The average molecular weight is 511 g/mol. The van der Waals surface area contributed by atoms with Gasteiger partial charge in [0.05, 0.1) is 0 Å². The molecular formula is C18H32BrIN4. The van der Waals surface area contributed by atoms with Gasteiger partial charge >= 0.3 is 0 Å². The Labute approximate surface area is 173 Å². The summed E-state index contributed by atoms with van der Waals surface area (Å²) >= 11 is 3.50. The number of halogens is 2. The van der Waals surface area contributed by atoms with Gasteiger partial charge in [0.2, 0.25) is 0 Å². The van der Waals surface area contributed by atoms with Gasteiger partial charge in [-0.3, -0.25) is 4.99 Å². The number of rotatable bonds is 9. The number of guanidine groups is 1. The fourth-order valence-corrected chi connectivity index (χ4v) is 2.94. The van der Waals surface area contributed by atoms with Gasteiger partial charge in [-0.05, 0) is 57.1 Å². The van der Waals surface area contributed by atoms with E-state index in [1.165, 1.54) is 18.5 Å². The predicted octanol–water partition coefficient (Wildman–Crippen LogP) is 4.24. The van der Waals surface area contributed by atoms with Gasteiger partial charge in [-0.1, -0.05) is 41.9 Å². The fourth-order valence-electron chi connectivity index (χ4n) is 2.49. The minimum absolute atomic E-state index is 0. The van der Waals surface area contributed by atoms with Crippen LogP contribution in [0.3, 0.4) is 0 Å². The Hall–Kier alpha value is -0.340. The molecule has 0 saturated heterocycles. The summed E-state index contributed by atoms with van der Waals surface area (Å²) in [5.74, 6) is 0.861. The Bertz CT molecular complexity index is 478. The van der Waals surface area contributed by atoms with Crippen molar-refractivity contribution in [2.45, 2.75) is 46.2 Å². The van der Waals surface area contributed by atoms with Crippen molar-refractivity contribution >= 4 is 45.9 Å². The highest BCUT2D eigenvalue weighted by Gasteiger charge is 2.06. The molecule has 1 rings (SSSR count). The maximum atomic E-state index is 4.31. The lowest BCUT2D eigenvalue weighted by molar-refractivity contribution is 0.292. The molecule has 0 fully saturated rings. The summed E-state index contributed by atoms with van der Waals surface area (Å²) in [6, 6.07) is 8.73.